The van der Waals surface area contributed by atoms with Gasteiger partial charge in [-0.1, -0.05) is 43.3 Å². The zero-order valence-corrected chi connectivity index (χ0v) is 11.9. The Morgan fingerprint density at radius 3 is 1.95 bits per heavy atom. The summed E-state index contributed by atoms with van der Waals surface area (Å²) in [5.41, 5.74) is 0.909. The second-order valence-electron chi connectivity index (χ2n) is 4.52. The fourth-order valence-corrected chi connectivity index (χ4v) is 1.84. The molecule has 0 spiro atoms. The lowest BCUT2D eigenvalue weighted by Crippen LogP contribution is -2.34. The maximum absolute atomic E-state index is 12.4. The van der Waals surface area contributed by atoms with Gasteiger partial charge in [0.05, 0.1) is 12.1 Å². The van der Waals surface area contributed by atoms with Crippen LogP contribution >= 0.6 is 0 Å². The Morgan fingerprint density at radius 1 is 0.905 bits per heavy atom. The lowest BCUT2D eigenvalue weighted by atomic mass is 10.2. The van der Waals surface area contributed by atoms with Crippen molar-refractivity contribution < 1.29 is 14.4 Å². The first-order chi connectivity index (χ1) is 10.2. The summed E-state index contributed by atoms with van der Waals surface area (Å²) in [5.74, 6) is -0.852. The molecule has 0 aliphatic rings. The molecule has 0 aromatic heterocycles. The largest absolute Gasteiger partial charge is 0.363 e. The van der Waals surface area contributed by atoms with Gasteiger partial charge in [0, 0.05) is 5.56 Å². The molecule has 2 aromatic carbocycles. The fraction of sp³-hybridized carbons (Fsp3) is 0.176. The van der Waals surface area contributed by atoms with Gasteiger partial charge >= 0.3 is 5.97 Å². The molecule has 4 heteroatoms. The second-order valence-corrected chi connectivity index (χ2v) is 4.52. The van der Waals surface area contributed by atoms with E-state index in [2.05, 4.69) is 0 Å². The van der Waals surface area contributed by atoms with E-state index in [1.807, 2.05) is 19.1 Å². The SMILES string of the molecule is CCCN(OC(=O)c1ccccc1)C(=O)c1ccccc1. The van der Waals surface area contributed by atoms with Gasteiger partial charge in [0.15, 0.2) is 0 Å². The van der Waals surface area contributed by atoms with Crippen LogP contribution in [0, 0.1) is 0 Å². The Kier molecular flexibility index (Phi) is 5.10. The highest BCUT2D eigenvalue weighted by Gasteiger charge is 2.20. The molecule has 0 saturated heterocycles. The normalized spacial score (nSPS) is 9.95. The summed E-state index contributed by atoms with van der Waals surface area (Å²) < 4.78 is 0. The molecule has 0 saturated carbocycles. The highest BCUT2D eigenvalue weighted by atomic mass is 16.7. The van der Waals surface area contributed by atoms with Crippen molar-refractivity contribution in [2.75, 3.05) is 6.54 Å². The predicted molar refractivity (Wildman–Crippen MR) is 79.6 cm³/mol. The van der Waals surface area contributed by atoms with Gasteiger partial charge in [-0.3, -0.25) is 4.79 Å². The Bertz CT molecular complexity index is 596. The first kappa shape index (κ1) is 14.8. The van der Waals surface area contributed by atoms with Crippen LogP contribution in [0.25, 0.3) is 0 Å². The van der Waals surface area contributed by atoms with E-state index in [1.165, 1.54) is 0 Å². The minimum Gasteiger partial charge on any atom is -0.332 e. The molecule has 0 aliphatic heterocycles. The number of hydrogen-bond donors (Lipinski definition) is 0. The summed E-state index contributed by atoms with van der Waals surface area (Å²) in [4.78, 5) is 29.6. The number of rotatable bonds is 4. The van der Waals surface area contributed by atoms with Crippen LogP contribution in [0.15, 0.2) is 60.7 Å². The number of carbonyl (C=O) groups excluding carboxylic acids is 2. The van der Waals surface area contributed by atoms with Crippen molar-refractivity contribution >= 4 is 11.9 Å². The highest BCUT2D eigenvalue weighted by Crippen LogP contribution is 2.09. The van der Waals surface area contributed by atoms with Crippen molar-refractivity contribution in [3.63, 3.8) is 0 Å². The van der Waals surface area contributed by atoms with Crippen LogP contribution in [-0.2, 0) is 4.84 Å². The summed E-state index contributed by atoms with van der Waals surface area (Å²) in [6, 6.07) is 17.4. The lowest BCUT2D eigenvalue weighted by Gasteiger charge is -2.20. The smallest absolute Gasteiger partial charge is 0.332 e. The number of hydrogen-bond acceptors (Lipinski definition) is 3. The van der Waals surface area contributed by atoms with Gasteiger partial charge in [0.1, 0.15) is 0 Å². The van der Waals surface area contributed by atoms with Crippen LogP contribution < -0.4 is 0 Å². The average Bonchev–Trinajstić information content (AvgIpc) is 2.55. The van der Waals surface area contributed by atoms with Crippen molar-refractivity contribution in [2.45, 2.75) is 13.3 Å². The van der Waals surface area contributed by atoms with Crippen molar-refractivity contribution in [2.24, 2.45) is 0 Å². The van der Waals surface area contributed by atoms with Crippen molar-refractivity contribution in [1.29, 1.82) is 0 Å². The fourth-order valence-electron chi connectivity index (χ4n) is 1.84. The summed E-state index contributed by atoms with van der Waals surface area (Å²) in [6.07, 6.45) is 0.695. The van der Waals surface area contributed by atoms with Crippen molar-refractivity contribution in [3.05, 3.63) is 71.8 Å². The minimum absolute atomic E-state index is 0.318. The lowest BCUT2D eigenvalue weighted by molar-refractivity contribution is -0.0813. The topological polar surface area (TPSA) is 46.6 Å². The van der Waals surface area contributed by atoms with Gasteiger partial charge in [-0.25, -0.2) is 4.79 Å². The van der Waals surface area contributed by atoms with Crippen LogP contribution in [0.5, 0.6) is 0 Å². The average molecular weight is 283 g/mol. The number of nitrogens with zero attached hydrogens (tertiary/aromatic N) is 1. The quantitative estimate of drug-likeness (QED) is 0.809. The third-order valence-electron chi connectivity index (χ3n) is 2.88. The van der Waals surface area contributed by atoms with Crippen molar-refractivity contribution in [3.8, 4) is 0 Å². The number of amides is 1. The van der Waals surface area contributed by atoms with Crippen LogP contribution in [0.2, 0.25) is 0 Å². The molecule has 2 aromatic rings. The molecule has 0 fully saturated rings. The van der Waals surface area contributed by atoms with E-state index in [1.54, 1.807) is 48.5 Å². The zero-order valence-electron chi connectivity index (χ0n) is 11.9. The first-order valence-electron chi connectivity index (χ1n) is 6.86. The molecule has 0 aliphatic carbocycles. The van der Waals surface area contributed by atoms with Crippen molar-refractivity contribution in [1.82, 2.24) is 5.06 Å². The Hall–Kier alpha value is -2.62. The summed E-state index contributed by atoms with van der Waals surface area (Å²) >= 11 is 0. The minimum atomic E-state index is -0.534. The van der Waals surface area contributed by atoms with E-state index in [0.717, 1.165) is 5.06 Å². The van der Waals surface area contributed by atoms with Crippen LogP contribution in [-0.4, -0.2) is 23.5 Å². The van der Waals surface area contributed by atoms with Gasteiger partial charge < -0.3 is 4.84 Å². The van der Waals surface area contributed by atoms with E-state index in [-0.39, 0.29) is 5.91 Å². The molecule has 0 unspecified atom stereocenters. The van der Waals surface area contributed by atoms with E-state index in [0.29, 0.717) is 24.1 Å². The molecule has 0 heterocycles. The molecule has 0 bridgehead atoms. The van der Waals surface area contributed by atoms with Crippen LogP contribution in [0.3, 0.4) is 0 Å². The van der Waals surface area contributed by atoms with E-state index >= 15 is 0 Å². The molecule has 2 rings (SSSR count). The third-order valence-corrected chi connectivity index (χ3v) is 2.88. The first-order valence-corrected chi connectivity index (χ1v) is 6.86. The zero-order chi connectivity index (χ0) is 15.1. The van der Waals surface area contributed by atoms with Crippen LogP contribution in [0.4, 0.5) is 0 Å². The molecule has 0 atom stereocenters. The predicted octanol–water partition coefficient (Wildman–Crippen LogP) is 3.31. The Labute approximate surface area is 123 Å². The molecule has 1 amide bonds. The molecular formula is C17H17NO3. The molecule has 4 nitrogen and oxygen atoms in total. The maximum Gasteiger partial charge on any atom is 0.363 e. The Morgan fingerprint density at radius 2 is 1.43 bits per heavy atom. The summed E-state index contributed by atoms with van der Waals surface area (Å²) in [5, 5.41) is 1.12. The van der Waals surface area contributed by atoms with Gasteiger partial charge in [0.25, 0.3) is 5.91 Å². The van der Waals surface area contributed by atoms with E-state index in [4.69, 9.17) is 4.84 Å². The highest BCUT2D eigenvalue weighted by molar-refractivity contribution is 5.95. The molecule has 0 radical (unpaired) electrons. The number of benzene rings is 2. The number of hydroxylamine groups is 2. The summed E-state index contributed by atoms with van der Waals surface area (Å²) in [6.45, 7) is 2.27. The second kappa shape index (κ2) is 7.24. The monoisotopic (exact) mass is 283 g/mol. The molecule has 21 heavy (non-hydrogen) atoms. The van der Waals surface area contributed by atoms with Gasteiger partial charge in [-0.15, -0.1) is 0 Å². The molecule has 0 N–H and O–H groups in total. The molecule has 108 valence electrons. The molecular weight excluding hydrogens is 266 g/mol. The van der Waals surface area contributed by atoms with Gasteiger partial charge in [-0.05, 0) is 30.7 Å². The van der Waals surface area contributed by atoms with Gasteiger partial charge in [-0.2, -0.15) is 5.06 Å². The maximum atomic E-state index is 12.4. The van der Waals surface area contributed by atoms with E-state index < -0.39 is 5.97 Å². The third kappa shape index (κ3) is 3.92. The van der Waals surface area contributed by atoms with Gasteiger partial charge in [0.2, 0.25) is 0 Å². The van der Waals surface area contributed by atoms with E-state index in [9.17, 15) is 9.59 Å². The van der Waals surface area contributed by atoms with Crippen LogP contribution in [0.1, 0.15) is 34.1 Å². The number of carbonyl (C=O) groups is 2. The Balaban J connectivity index is 2.12. The summed E-state index contributed by atoms with van der Waals surface area (Å²) in [7, 11) is 0. The standard InChI is InChI=1S/C17H17NO3/c1-2-13-18(16(19)14-9-5-3-6-10-14)21-17(20)15-11-7-4-8-12-15/h3-12H,2,13H2,1H3.